The van der Waals surface area contributed by atoms with Crippen LogP contribution in [0.5, 0.6) is 0 Å². The highest BCUT2D eigenvalue weighted by Gasteiger charge is 2.60. The highest BCUT2D eigenvalue weighted by molar-refractivity contribution is 7.87. The van der Waals surface area contributed by atoms with E-state index in [1.807, 2.05) is 182 Å². The Kier molecular flexibility index (Phi) is 25.2. The topological polar surface area (TPSA) is 218 Å². The number of benzene rings is 6. The summed E-state index contributed by atoms with van der Waals surface area (Å²) in [5.74, 6) is -2.01. The molecule has 3 heterocycles. The second-order valence-corrected chi connectivity index (χ2v) is 26.8. The van der Waals surface area contributed by atoms with E-state index < -0.39 is 131 Å². The highest BCUT2D eigenvalue weighted by atomic mass is 32.2. The summed E-state index contributed by atoms with van der Waals surface area (Å²) in [7, 11) is -6.45. The second-order valence-electron chi connectivity index (χ2n) is 25.3. The maximum Gasteiger partial charge on any atom is 0.523 e. The van der Waals surface area contributed by atoms with Crippen molar-refractivity contribution in [1.29, 1.82) is 0 Å². The van der Waals surface area contributed by atoms with Crippen LogP contribution in [-0.4, -0.2) is 136 Å². The molecule has 0 aromatic heterocycles. The molecular weight excluding hydrogens is 1250 g/mol. The summed E-state index contributed by atoms with van der Waals surface area (Å²) in [6, 6.07) is 55.7. The maximum atomic E-state index is 14.4. The Morgan fingerprint density at radius 3 is 1.11 bits per heavy atom. The molecule has 0 spiro atoms. The number of aliphatic hydroxyl groups excluding tert-OH is 1. The van der Waals surface area contributed by atoms with Gasteiger partial charge in [0, 0.05) is 0 Å². The van der Waals surface area contributed by atoms with Crippen molar-refractivity contribution < 1.29 is 102 Å². The van der Waals surface area contributed by atoms with Crippen LogP contribution in [0.2, 0.25) is 0 Å². The number of aliphatic hydroxyl groups is 1. The van der Waals surface area contributed by atoms with Crippen molar-refractivity contribution in [3.05, 3.63) is 215 Å². The number of hydrogen-bond acceptors (Lipinski definition) is 19. The first kappa shape index (κ1) is 71.8. The lowest BCUT2D eigenvalue weighted by atomic mass is 9.93. The lowest BCUT2D eigenvalue weighted by molar-refractivity contribution is -0.389. The lowest BCUT2D eigenvalue weighted by Gasteiger charge is -2.51. The van der Waals surface area contributed by atoms with Crippen molar-refractivity contribution in [2.75, 3.05) is 13.2 Å². The molecule has 3 aliphatic heterocycles. The van der Waals surface area contributed by atoms with E-state index in [2.05, 4.69) is 0 Å². The number of halogens is 3. The summed E-state index contributed by atoms with van der Waals surface area (Å²) < 4.78 is 161. The van der Waals surface area contributed by atoms with E-state index in [1.54, 1.807) is 0 Å². The molecule has 6 aromatic rings. The normalized spacial score (nSPS) is 26.9. The molecule has 94 heavy (non-hydrogen) atoms. The molecule has 0 bridgehead atoms. The number of carbonyl (C=O) groups is 2. The minimum atomic E-state index is -6.45. The quantitative estimate of drug-likeness (QED) is 0.0274. The predicted molar refractivity (Wildman–Crippen MR) is 334 cm³/mol. The van der Waals surface area contributed by atoms with Crippen molar-refractivity contribution in [3.63, 3.8) is 0 Å². The molecule has 3 saturated heterocycles. The first-order valence-electron chi connectivity index (χ1n) is 31.1. The molecular formula is C71H83F3O19S. The second kappa shape index (κ2) is 33.0. The van der Waals surface area contributed by atoms with Crippen molar-refractivity contribution in [3.8, 4) is 0 Å². The van der Waals surface area contributed by atoms with Gasteiger partial charge < -0.3 is 66.7 Å². The van der Waals surface area contributed by atoms with Crippen LogP contribution in [0.25, 0.3) is 0 Å². The summed E-state index contributed by atoms with van der Waals surface area (Å²) in [4.78, 5) is 28.4. The molecule has 508 valence electrons. The summed E-state index contributed by atoms with van der Waals surface area (Å²) in [6.07, 6.45) is -23.7. The Bertz CT molecular complexity index is 3370. The van der Waals surface area contributed by atoms with Crippen LogP contribution >= 0.6 is 0 Å². The molecule has 15 atom stereocenters. The Hall–Kier alpha value is -6.52. The van der Waals surface area contributed by atoms with Crippen LogP contribution in [0.3, 0.4) is 0 Å². The lowest BCUT2D eigenvalue weighted by Crippen LogP contribution is -2.68. The van der Waals surface area contributed by atoms with E-state index in [4.69, 9.17) is 65.8 Å². The third-order valence-electron chi connectivity index (χ3n) is 15.7. The van der Waals surface area contributed by atoms with E-state index in [9.17, 15) is 36.3 Å². The fourth-order valence-corrected chi connectivity index (χ4v) is 11.3. The standard InChI is InChI=1S/C71H83F3O19S/c1-46-55(93-94(78,79)71(72,73)74)60(91-67(76)69(2,3)4)63(92-68(77)70(5,6)7)66(86-46)90-57-54(45-81-39-48-28-16-9-17-29-48)88-65(62(85-43-52-36-24-13-25-37-52)59(57)83-41-50-32-20-11-21-33-50)89-56-53(44-80-38-47-26-14-8-15-27-47)87-64(75)61(84-42-51-34-22-12-23-35-51)58(56)82-40-49-30-18-10-19-31-49/h8-37,46,53-66,75H,38-45H2,1-7H3/t46-,53-,54-,55+,56-,57-,58+,59+,60+,61-,62-,63-,64-,65+,66+/m1/s1. The summed E-state index contributed by atoms with van der Waals surface area (Å²) in [6.45, 7) is 9.54. The van der Waals surface area contributed by atoms with E-state index in [1.165, 1.54) is 48.5 Å². The number of alkyl halides is 3. The number of carbonyl (C=O) groups excluding carboxylic acids is 2. The van der Waals surface area contributed by atoms with Crippen LogP contribution in [0.4, 0.5) is 13.2 Å². The van der Waals surface area contributed by atoms with Crippen molar-refractivity contribution in [2.24, 2.45) is 10.8 Å². The van der Waals surface area contributed by atoms with Gasteiger partial charge in [0.15, 0.2) is 31.1 Å². The van der Waals surface area contributed by atoms with Gasteiger partial charge in [-0.1, -0.05) is 182 Å². The van der Waals surface area contributed by atoms with E-state index in [0.29, 0.717) is 11.1 Å². The molecule has 0 amide bonds. The summed E-state index contributed by atoms with van der Waals surface area (Å²) in [5, 5.41) is 12.2. The van der Waals surface area contributed by atoms with Gasteiger partial charge >= 0.3 is 27.6 Å². The predicted octanol–water partition coefficient (Wildman–Crippen LogP) is 10.9. The zero-order chi connectivity index (χ0) is 67.0. The molecule has 23 heteroatoms. The van der Waals surface area contributed by atoms with Crippen molar-refractivity contribution in [1.82, 2.24) is 0 Å². The van der Waals surface area contributed by atoms with Gasteiger partial charge in [-0.25, -0.2) is 0 Å². The zero-order valence-corrected chi connectivity index (χ0v) is 54.3. The Morgan fingerprint density at radius 1 is 0.415 bits per heavy atom. The number of esters is 2. The first-order valence-corrected chi connectivity index (χ1v) is 32.5. The minimum Gasteiger partial charge on any atom is -0.455 e. The van der Waals surface area contributed by atoms with Gasteiger partial charge in [0.25, 0.3) is 0 Å². The van der Waals surface area contributed by atoms with Gasteiger partial charge in [-0.15, -0.1) is 0 Å². The minimum absolute atomic E-state index is 0.00979. The van der Waals surface area contributed by atoms with Crippen molar-refractivity contribution in [2.45, 2.75) is 186 Å². The van der Waals surface area contributed by atoms with Crippen LogP contribution in [0.1, 0.15) is 81.8 Å². The maximum absolute atomic E-state index is 14.4. The van der Waals surface area contributed by atoms with Gasteiger partial charge in [0.05, 0.1) is 69.8 Å². The van der Waals surface area contributed by atoms with Crippen LogP contribution in [0, 0.1) is 10.8 Å². The van der Waals surface area contributed by atoms with Gasteiger partial charge in [0.2, 0.25) is 0 Å². The van der Waals surface area contributed by atoms with Gasteiger partial charge in [-0.2, -0.15) is 21.6 Å². The molecule has 1 N–H and O–H groups in total. The van der Waals surface area contributed by atoms with Crippen LogP contribution in [-0.2, 0) is 125 Å². The Morgan fingerprint density at radius 2 is 0.734 bits per heavy atom. The molecule has 0 aliphatic carbocycles. The fourth-order valence-electron chi connectivity index (χ4n) is 10.6. The monoisotopic (exact) mass is 1330 g/mol. The zero-order valence-electron chi connectivity index (χ0n) is 53.5. The molecule has 6 aromatic carbocycles. The third kappa shape index (κ3) is 19.8. The van der Waals surface area contributed by atoms with Gasteiger partial charge in [-0.05, 0) is 81.8 Å². The third-order valence-corrected chi connectivity index (χ3v) is 16.7. The number of ether oxygens (including phenoxy) is 13. The average molecular weight is 1330 g/mol. The summed E-state index contributed by atoms with van der Waals surface area (Å²) >= 11 is 0. The molecule has 3 fully saturated rings. The van der Waals surface area contributed by atoms with Crippen molar-refractivity contribution >= 4 is 22.1 Å². The SMILES string of the molecule is C[C@H]1O[C@@H](O[C@H]2[C@H](OCc3ccccc3)[C@@H](OCc3ccccc3)[C@H](O[C@H]3[C@H](OCc4ccccc4)[C@@H](OCc4ccccc4)[C@H](O)O[C@@H]3COCc3ccccc3)O[C@@H]2COCc2ccccc2)[C@H](OC(=O)C(C)(C)C)[C@@H](OC(=O)C(C)(C)C)[C@H]1OS(=O)(=O)C(F)(F)F. The smallest absolute Gasteiger partial charge is 0.455 e. The molecule has 9 rings (SSSR count). The van der Waals surface area contributed by atoms with Gasteiger partial charge in [0.1, 0.15) is 54.9 Å². The van der Waals surface area contributed by atoms with E-state index in [0.717, 1.165) is 22.3 Å². The largest absolute Gasteiger partial charge is 0.523 e. The molecule has 19 nitrogen and oxygen atoms in total. The highest BCUT2D eigenvalue weighted by Crippen LogP contribution is 2.41. The molecule has 3 aliphatic rings. The molecule has 0 radical (unpaired) electrons. The van der Waals surface area contributed by atoms with Crippen LogP contribution in [0.15, 0.2) is 182 Å². The van der Waals surface area contributed by atoms with Gasteiger partial charge in [-0.3, -0.25) is 13.8 Å². The van der Waals surface area contributed by atoms with Crippen LogP contribution < -0.4 is 0 Å². The Balaban J connectivity index is 1.19. The summed E-state index contributed by atoms with van der Waals surface area (Å²) in [5.41, 5.74) is -4.10. The molecule has 0 unspecified atom stereocenters. The first-order chi connectivity index (χ1) is 44.9. The average Bonchev–Trinajstić information content (AvgIpc) is 0.767. The van der Waals surface area contributed by atoms with E-state index in [-0.39, 0.29) is 52.9 Å². The fraction of sp³-hybridized carbons (Fsp3) is 0.465. The molecule has 0 saturated carbocycles. The number of hydrogen-bond donors (Lipinski definition) is 1. The van der Waals surface area contributed by atoms with E-state index >= 15 is 0 Å². The number of rotatable bonds is 28. The Labute approximate surface area is 547 Å².